The SMILES string of the molecule is CC(C)(C)OC(=O)NC1CCN(C(=O)CCNC(=O)c2ccc(Cl)cc2)CC1. The maximum atomic E-state index is 12.3. The zero-order valence-electron chi connectivity index (χ0n) is 16.6. The van der Waals surface area contributed by atoms with E-state index in [9.17, 15) is 14.4 Å². The number of nitrogens with zero attached hydrogens (tertiary/aromatic N) is 1. The van der Waals surface area contributed by atoms with E-state index >= 15 is 0 Å². The van der Waals surface area contributed by atoms with Gasteiger partial charge in [0.05, 0.1) is 0 Å². The molecular formula is C20H28ClN3O4. The lowest BCUT2D eigenvalue weighted by molar-refractivity contribution is -0.132. The fourth-order valence-electron chi connectivity index (χ4n) is 2.89. The molecule has 0 aliphatic carbocycles. The predicted molar refractivity (Wildman–Crippen MR) is 107 cm³/mol. The van der Waals surface area contributed by atoms with Gasteiger partial charge >= 0.3 is 6.09 Å². The van der Waals surface area contributed by atoms with Crippen LogP contribution in [0.5, 0.6) is 0 Å². The minimum absolute atomic E-state index is 0.00325. The number of benzene rings is 1. The minimum Gasteiger partial charge on any atom is -0.444 e. The number of hydrogen-bond donors (Lipinski definition) is 2. The van der Waals surface area contributed by atoms with Crippen molar-refractivity contribution in [1.82, 2.24) is 15.5 Å². The summed E-state index contributed by atoms with van der Waals surface area (Å²) in [5, 5.41) is 6.16. The van der Waals surface area contributed by atoms with Crippen molar-refractivity contribution in [2.45, 2.75) is 51.7 Å². The molecule has 8 heteroatoms. The Labute approximate surface area is 170 Å². The van der Waals surface area contributed by atoms with E-state index in [1.54, 1.807) is 29.2 Å². The Bertz CT molecular complexity index is 692. The highest BCUT2D eigenvalue weighted by molar-refractivity contribution is 6.30. The summed E-state index contributed by atoms with van der Waals surface area (Å²) < 4.78 is 5.26. The van der Waals surface area contributed by atoms with Crippen molar-refractivity contribution < 1.29 is 19.1 Å². The number of alkyl carbamates (subject to hydrolysis) is 1. The van der Waals surface area contributed by atoms with Gasteiger partial charge in [0.15, 0.2) is 0 Å². The van der Waals surface area contributed by atoms with E-state index in [-0.39, 0.29) is 30.8 Å². The fourth-order valence-corrected chi connectivity index (χ4v) is 3.02. The van der Waals surface area contributed by atoms with Crippen LogP contribution in [-0.2, 0) is 9.53 Å². The number of halogens is 1. The summed E-state index contributed by atoms with van der Waals surface area (Å²) in [6.45, 7) is 6.88. The standard InChI is InChI=1S/C20H28ClN3O4/c1-20(2,3)28-19(27)23-16-9-12-24(13-10-16)17(25)8-11-22-18(26)14-4-6-15(21)7-5-14/h4-7,16H,8-13H2,1-3H3,(H,22,26)(H,23,27). The maximum absolute atomic E-state index is 12.3. The zero-order valence-corrected chi connectivity index (χ0v) is 17.3. The van der Waals surface area contributed by atoms with E-state index in [0.717, 1.165) is 0 Å². The van der Waals surface area contributed by atoms with E-state index in [2.05, 4.69) is 10.6 Å². The van der Waals surface area contributed by atoms with Gasteiger partial charge in [-0.15, -0.1) is 0 Å². The van der Waals surface area contributed by atoms with Gasteiger partial charge in [0.25, 0.3) is 5.91 Å². The lowest BCUT2D eigenvalue weighted by atomic mass is 10.0. The van der Waals surface area contributed by atoms with Crippen LogP contribution in [-0.4, -0.2) is 54.1 Å². The van der Waals surface area contributed by atoms with Crippen LogP contribution in [0.3, 0.4) is 0 Å². The van der Waals surface area contributed by atoms with Crippen LogP contribution in [0.15, 0.2) is 24.3 Å². The first-order valence-electron chi connectivity index (χ1n) is 9.45. The van der Waals surface area contributed by atoms with Crippen LogP contribution in [0.1, 0.15) is 50.4 Å². The molecule has 154 valence electrons. The lowest BCUT2D eigenvalue weighted by Gasteiger charge is -2.33. The monoisotopic (exact) mass is 409 g/mol. The molecule has 1 aliphatic rings. The van der Waals surface area contributed by atoms with Gasteiger partial charge in [-0.1, -0.05) is 11.6 Å². The summed E-state index contributed by atoms with van der Waals surface area (Å²) in [5.41, 5.74) is -0.0251. The largest absolute Gasteiger partial charge is 0.444 e. The summed E-state index contributed by atoms with van der Waals surface area (Å²) in [6.07, 6.45) is 1.18. The van der Waals surface area contributed by atoms with E-state index in [1.165, 1.54) is 0 Å². The van der Waals surface area contributed by atoms with Gasteiger partial charge in [-0.05, 0) is 57.9 Å². The molecule has 0 aromatic heterocycles. The maximum Gasteiger partial charge on any atom is 0.407 e. The molecule has 1 aliphatic heterocycles. The van der Waals surface area contributed by atoms with Gasteiger partial charge in [-0.3, -0.25) is 9.59 Å². The molecule has 2 N–H and O–H groups in total. The molecule has 2 rings (SSSR count). The number of piperidine rings is 1. The number of carbonyl (C=O) groups is 3. The molecule has 0 spiro atoms. The second-order valence-electron chi connectivity index (χ2n) is 7.81. The second-order valence-corrected chi connectivity index (χ2v) is 8.25. The normalized spacial score (nSPS) is 15.1. The van der Waals surface area contributed by atoms with Crippen molar-refractivity contribution >= 4 is 29.5 Å². The smallest absolute Gasteiger partial charge is 0.407 e. The molecule has 1 heterocycles. The molecule has 0 bridgehead atoms. The third kappa shape index (κ3) is 7.38. The van der Waals surface area contributed by atoms with Crippen LogP contribution < -0.4 is 10.6 Å². The van der Waals surface area contributed by atoms with Crippen molar-refractivity contribution in [2.24, 2.45) is 0 Å². The molecule has 1 saturated heterocycles. The average molecular weight is 410 g/mol. The molecule has 1 aromatic carbocycles. The van der Waals surface area contributed by atoms with Crippen LogP contribution in [0.25, 0.3) is 0 Å². The number of amides is 3. The van der Waals surface area contributed by atoms with Gasteiger partial charge in [0, 0.05) is 42.7 Å². The molecule has 3 amide bonds. The summed E-state index contributed by atoms with van der Waals surface area (Å²) in [6, 6.07) is 6.58. The summed E-state index contributed by atoms with van der Waals surface area (Å²) >= 11 is 5.80. The van der Waals surface area contributed by atoms with E-state index < -0.39 is 11.7 Å². The van der Waals surface area contributed by atoms with Crippen LogP contribution in [0.4, 0.5) is 4.79 Å². The predicted octanol–water partition coefficient (Wildman–Crippen LogP) is 2.98. The first-order valence-corrected chi connectivity index (χ1v) is 9.83. The number of nitrogens with one attached hydrogen (secondary N) is 2. The molecule has 0 unspecified atom stereocenters. The highest BCUT2D eigenvalue weighted by atomic mass is 35.5. The van der Waals surface area contributed by atoms with Crippen molar-refractivity contribution in [3.05, 3.63) is 34.9 Å². The van der Waals surface area contributed by atoms with Crippen molar-refractivity contribution in [1.29, 1.82) is 0 Å². The first kappa shape index (κ1) is 22.0. The number of ether oxygens (including phenoxy) is 1. The zero-order chi connectivity index (χ0) is 20.7. The van der Waals surface area contributed by atoms with Gasteiger partial charge in [-0.2, -0.15) is 0 Å². The second kappa shape index (κ2) is 9.78. The highest BCUT2D eigenvalue weighted by Gasteiger charge is 2.25. The summed E-state index contributed by atoms with van der Waals surface area (Å²) in [4.78, 5) is 37.9. The van der Waals surface area contributed by atoms with Crippen molar-refractivity contribution in [3.63, 3.8) is 0 Å². The Morgan fingerprint density at radius 1 is 1.14 bits per heavy atom. The molecule has 7 nitrogen and oxygen atoms in total. The van der Waals surface area contributed by atoms with E-state index in [1.807, 2.05) is 20.8 Å². The van der Waals surface area contributed by atoms with Gasteiger partial charge in [-0.25, -0.2) is 4.79 Å². The Morgan fingerprint density at radius 2 is 1.75 bits per heavy atom. The topological polar surface area (TPSA) is 87.7 Å². The first-order chi connectivity index (χ1) is 13.1. The molecule has 1 fully saturated rings. The molecule has 0 atom stereocenters. The highest BCUT2D eigenvalue weighted by Crippen LogP contribution is 2.13. The van der Waals surface area contributed by atoms with E-state index in [4.69, 9.17) is 16.3 Å². The molecule has 1 aromatic rings. The Balaban J connectivity index is 1.67. The Morgan fingerprint density at radius 3 is 2.32 bits per heavy atom. The number of rotatable bonds is 5. The van der Waals surface area contributed by atoms with E-state index in [0.29, 0.717) is 36.5 Å². The molecule has 28 heavy (non-hydrogen) atoms. The Kier molecular flexibility index (Phi) is 7.69. The van der Waals surface area contributed by atoms with Crippen molar-refractivity contribution in [2.75, 3.05) is 19.6 Å². The quantitative estimate of drug-likeness (QED) is 0.782. The lowest BCUT2D eigenvalue weighted by Crippen LogP contribution is -2.48. The number of hydrogen-bond acceptors (Lipinski definition) is 4. The van der Waals surface area contributed by atoms with Gasteiger partial charge in [0.2, 0.25) is 5.91 Å². The fraction of sp³-hybridized carbons (Fsp3) is 0.550. The van der Waals surface area contributed by atoms with Gasteiger partial charge < -0.3 is 20.3 Å². The van der Waals surface area contributed by atoms with Gasteiger partial charge in [0.1, 0.15) is 5.60 Å². The summed E-state index contributed by atoms with van der Waals surface area (Å²) in [5.74, 6) is -0.239. The molecule has 0 saturated carbocycles. The minimum atomic E-state index is -0.531. The molecular weight excluding hydrogens is 382 g/mol. The van der Waals surface area contributed by atoms with Crippen molar-refractivity contribution in [3.8, 4) is 0 Å². The van der Waals surface area contributed by atoms with Crippen LogP contribution in [0.2, 0.25) is 5.02 Å². The third-order valence-corrected chi connectivity index (χ3v) is 4.55. The summed E-state index contributed by atoms with van der Waals surface area (Å²) in [7, 11) is 0. The number of carbonyl (C=O) groups excluding carboxylic acids is 3. The average Bonchev–Trinajstić information content (AvgIpc) is 2.61. The van der Waals surface area contributed by atoms with Crippen LogP contribution in [0, 0.1) is 0 Å². The third-order valence-electron chi connectivity index (χ3n) is 4.30. The van der Waals surface area contributed by atoms with Crippen LogP contribution >= 0.6 is 11.6 Å². The number of likely N-dealkylation sites (tertiary alicyclic amines) is 1. The Hall–Kier alpha value is -2.28. The molecule has 0 radical (unpaired) electrons.